The summed E-state index contributed by atoms with van der Waals surface area (Å²) in [7, 11) is 0. The van der Waals surface area contributed by atoms with Gasteiger partial charge in [0.1, 0.15) is 5.60 Å². The predicted octanol–water partition coefficient (Wildman–Crippen LogP) is 6.12. The molecule has 0 fully saturated rings. The van der Waals surface area contributed by atoms with Crippen molar-refractivity contribution in [2.24, 2.45) is 11.8 Å². The average molecular weight is 379 g/mol. The van der Waals surface area contributed by atoms with Crippen molar-refractivity contribution in [3.05, 3.63) is 0 Å². The third-order valence-electron chi connectivity index (χ3n) is 3.06. The lowest BCUT2D eigenvalue weighted by Crippen LogP contribution is -2.33. The molecule has 0 radical (unpaired) electrons. The van der Waals surface area contributed by atoms with Crippen molar-refractivity contribution in [2.75, 3.05) is 19.8 Å². The quantitative estimate of drug-likeness (QED) is 0.282. The van der Waals surface area contributed by atoms with Gasteiger partial charge in [-0.25, -0.2) is 9.78 Å². The molecule has 4 nitrogen and oxygen atoms in total. The first kappa shape index (κ1) is 36.3. The Labute approximate surface area is 165 Å². The van der Waals surface area contributed by atoms with Crippen LogP contribution >= 0.6 is 0 Å². The van der Waals surface area contributed by atoms with Crippen LogP contribution in [0.3, 0.4) is 0 Å². The Balaban J connectivity index is -0.000000367. The van der Waals surface area contributed by atoms with Crippen molar-refractivity contribution in [3.63, 3.8) is 0 Å². The molecule has 0 bridgehead atoms. The van der Waals surface area contributed by atoms with Crippen LogP contribution in [0.4, 0.5) is 0 Å². The van der Waals surface area contributed by atoms with Crippen molar-refractivity contribution >= 4 is 0 Å². The smallest absolute Gasteiger partial charge is 0.161 e. The van der Waals surface area contributed by atoms with Gasteiger partial charge >= 0.3 is 0 Å². The zero-order valence-corrected chi connectivity index (χ0v) is 15.4. The van der Waals surface area contributed by atoms with E-state index in [2.05, 4.69) is 39.5 Å². The highest BCUT2D eigenvalue weighted by Crippen LogP contribution is 2.24. The summed E-state index contributed by atoms with van der Waals surface area (Å²) < 4.78 is 5.77. The largest absolute Gasteiger partial charge is 0.394 e. The van der Waals surface area contributed by atoms with E-state index in [1.54, 1.807) is 0 Å². The van der Waals surface area contributed by atoms with Crippen LogP contribution in [0, 0.1) is 23.7 Å². The molecule has 4 heteroatoms. The first-order valence-corrected chi connectivity index (χ1v) is 8.26. The minimum atomic E-state index is -0.662. The van der Waals surface area contributed by atoms with Crippen molar-refractivity contribution in [2.45, 2.75) is 102 Å². The van der Waals surface area contributed by atoms with Crippen molar-refractivity contribution in [1.29, 1.82) is 0 Å². The van der Waals surface area contributed by atoms with Gasteiger partial charge in [-0.2, -0.15) is 0 Å². The topological polar surface area (TPSA) is 47.9 Å². The van der Waals surface area contributed by atoms with Crippen LogP contribution in [0.15, 0.2) is 0 Å². The van der Waals surface area contributed by atoms with Gasteiger partial charge in [0.15, 0.2) is 5.60 Å². The summed E-state index contributed by atoms with van der Waals surface area (Å²) in [6, 6.07) is 0. The third-order valence-corrected chi connectivity index (χ3v) is 3.06. The van der Waals surface area contributed by atoms with Crippen LogP contribution in [-0.4, -0.2) is 36.1 Å². The van der Waals surface area contributed by atoms with E-state index in [4.69, 9.17) is 19.6 Å². The van der Waals surface area contributed by atoms with E-state index in [-0.39, 0.29) is 42.9 Å². The molecule has 26 heavy (non-hydrogen) atoms. The molecule has 2 atom stereocenters. The molecular formula is C22H50O4. The fourth-order valence-electron chi connectivity index (χ4n) is 2.53. The zero-order valence-electron chi connectivity index (χ0n) is 15.4. The van der Waals surface area contributed by atoms with E-state index >= 15 is 0 Å². The van der Waals surface area contributed by atoms with Gasteiger partial charge < -0.3 is 9.84 Å². The molecule has 0 aromatic heterocycles. The normalized spacial score (nSPS) is 14.4. The lowest BCUT2D eigenvalue weighted by molar-refractivity contribution is -0.341. The number of ether oxygens (including phenoxy) is 1. The summed E-state index contributed by atoms with van der Waals surface area (Å²) in [6.45, 7) is 15.1. The molecule has 0 heterocycles. The van der Waals surface area contributed by atoms with Gasteiger partial charge in [-0.05, 0) is 45.4 Å². The second kappa shape index (κ2) is 17.8. The van der Waals surface area contributed by atoms with Gasteiger partial charge in [0.2, 0.25) is 0 Å². The Morgan fingerprint density at radius 2 is 1.27 bits per heavy atom. The Morgan fingerprint density at radius 3 is 1.65 bits per heavy atom. The summed E-state index contributed by atoms with van der Waals surface area (Å²) in [5.41, 5.74) is -1.25. The van der Waals surface area contributed by atoms with Gasteiger partial charge in [0.25, 0.3) is 0 Å². The third kappa shape index (κ3) is 16.8. The van der Waals surface area contributed by atoms with Crippen LogP contribution in [0.5, 0.6) is 0 Å². The highest BCUT2D eigenvalue weighted by molar-refractivity contribution is 5.20. The maximum Gasteiger partial charge on any atom is 0.161 e. The van der Waals surface area contributed by atoms with Crippen LogP contribution in [0.1, 0.15) is 91.0 Å². The summed E-state index contributed by atoms with van der Waals surface area (Å²) in [5.74, 6) is 7.33. The van der Waals surface area contributed by atoms with Gasteiger partial charge in [-0.1, -0.05) is 69.2 Å². The Kier molecular flexibility index (Phi) is 24.9. The second-order valence-electron chi connectivity index (χ2n) is 6.97. The Hall–Kier alpha value is -0.600. The van der Waals surface area contributed by atoms with Gasteiger partial charge in [0.05, 0.1) is 19.8 Å². The lowest BCUT2D eigenvalue weighted by atomic mass is 9.90. The molecule has 162 valence electrons. The summed E-state index contributed by atoms with van der Waals surface area (Å²) in [5, 5.41) is 9.01. The van der Waals surface area contributed by atoms with Gasteiger partial charge in [-0.3, -0.25) is 0 Å². The molecule has 0 spiro atoms. The second-order valence-corrected chi connectivity index (χ2v) is 6.97. The molecule has 0 aliphatic heterocycles. The molecule has 0 rings (SSSR count). The number of hydrogen-bond donors (Lipinski definition) is 1. The predicted molar refractivity (Wildman–Crippen MR) is 116 cm³/mol. The van der Waals surface area contributed by atoms with Gasteiger partial charge in [0, 0.05) is 0 Å². The van der Waals surface area contributed by atoms with E-state index < -0.39 is 11.2 Å². The molecule has 0 saturated heterocycles. The molecule has 0 aliphatic rings. The molecule has 2 unspecified atom stereocenters. The molecule has 0 aromatic rings. The lowest BCUT2D eigenvalue weighted by Gasteiger charge is -2.28. The molecule has 1 N–H and O–H groups in total. The summed E-state index contributed by atoms with van der Waals surface area (Å²) in [4.78, 5) is 10.7. The summed E-state index contributed by atoms with van der Waals surface area (Å²) >= 11 is 0. The average Bonchev–Trinajstić information content (AvgIpc) is 2.40. The molecule has 0 amide bonds. The molecule has 0 aromatic carbocycles. The highest BCUT2D eigenvalue weighted by atomic mass is 17.2. The van der Waals surface area contributed by atoms with Crippen molar-refractivity contribution in [3.8, 4) is 11.8 Å². The number of rotatable bonds is 10. The fraction of sp³-hybridized carbons (Fsp3) is 0.909. The van der Waals surface area contributed by atoms with E-state index in [1.807, 2.05) is 20.8 Å². The van der Waals surface area contributed by atoms with Crippen LogP contribution in [0.25, 0.3) is 0 Å². The maximum absolute atomic E-state index is 9.01. The molecule has 0 aliphatic carbocycles. The van der Waals surface area contributed by atoms with E-state index in [1.165, 1.54) is 0 Å². The highest BCUT2D eigenvalue weighted by Gasteiger charge is 2.29. The van der Waals surface area contributed by atoms with Crippen LogP contribution < -0.4 is 0 Å². The molecule has 0 saturated carbocycles. The van der Waals surface area contributed by atoms with E-state index in [9.17, 15) is 0 Å². The first-order valence-electron chi connectivity index (χ1n) is 8.26. The fourth-order valence-corrected chi connectivity index (χ4v) is 2.53. The standard InChI is InChI=1S/C18H34O4.4CH4/c1-8-21-22-18(7,14-16(4)5)10-9-17(6,13-15(2)3)20-12-11-19;;;;/h15-16,19H,8,11-14H2,1-7H3;4*1H4. The van der Waals surface area contributed by atoms with Crippen molar-refractivity contribution < 1.29 is 19.6 Å². The van der Waals surface area contributed by atoms with Crippen LogP contribution in [0.2, 0.25) is 0 Å². The Bertz CT molecular complexity index is 325. The number of hydrogen-bond acceptors (Lipinski definition) is 4. The number of aliphatic hydroxyl groups is 1. The first-order chi connectivity index (χ1) is 10.2. The van der Waals surface area contributed by atoms with Gasteiger partial charge in [-0.15, -0.1) is 0 Å². The zero-order chi connectivity index (χ0) is 17.2. The minimum absolute atomic E-state index is 0. The van der Waals surface area contributed by atoms with E-state index in [0.717, 1.165) is 12.8 Å². The maximum atomic E-state index is 9.01. The van der Waals surface area contributed by atoms with Crippen LogP contribution in [-0.2, 0) is 14.5 Å². The number of aliphatic hydroxyl groups excluding tert-OH is 1. The SMILES string of the molecule is C.C.C.C.CCOOC(C)(C#CC(C)(CC(C)C)OCCO)CC(C)C. The minimum Gasteiger partial charge on any atom is -0.394 e. The van der Waals surface area contributed by atoms with E-state index in [0.29, 0.717) is 18.4 Å². The molecular weight excluding hydrogens is 328 g/mol. The monoisotopic (exact) mass is 378 g/mol. The Morgan fingerprint density at radius 1 is 0.846 bits per heavy atom. The van der Waals surface area contributed by atoms with Crippen molar-refractivity contribution in [1.82, 2.24) is 0 Å². The summed E-state index contributed by atoms with van der Waals surface area (Å²) in [6.07, 6.45) is 1.57.